The molecule has 30 heavy (non-hydrogen) atoms. The normalized spacial score (nSPS) is 14.6. The van der Waals surface area contributed by atoms with Crippen LogP contribution in [0.25, 0.3) is 34.0 Å². The number of nitrogens with zero attached hydrogens (tertiary/aromatic N) is 8. The average molecular weight is 398 g/mol. The number of anilines is 1. The number of aromatic nitrogens is 7. The van der Waals surface area contributed by atoms with Gasteiger partial charge in [0, 0.05) is 13.1 Å². The van der Waals surface area contributed by atoms with Crippen molar-refractivity contribution in [2.45, 2.75) is 0 Å². The summed E-state index contributed by atoms with van der Waals surface area (Å²) in [5.41, 5.74) is 3.66. The van der Waals surface area contributed by atoms with Crippen LogP contribution >= 0.6 is 0 Å². The van der Waals surface area contributed by atoms with Gasteiger partial charge in [-0.25, -0.2) is 9.97 Å². The van der Waals surface area contributed by atoms with Crippen molar-refractivity contribution >= 4 is 28.0 Å². The third-order valence-electron chi connectivity index (χ3n) is 5.23. The Hall–Kier alpha value is -3.85. The monoisotopic (exact) mass is 398 g/mol. The van der Waals surface area contributed by atoms with Gasteiger partial charge in [-0.05, 0) is 24.3 Å². The Morgan fingerprint density at radius 1 is 0.633 bits per heavy atom. The maximum absolute atomic E-state index is 5.50. The summed E-state index contributed by atoms with van der Waals surface area (Å²) >= 11 is 0. The van der Waals surface area contributed by atoms with Crippen molar-refractivity contribution in [3.05, 3.63) is 61.2 Å². The van der Waals surface area contributed by atoms with E-state index in [-0.39, 0.29) is 0 Å². The predicted octanol–water partition coefficient (Wildman–Crippen LogP) is 2.39. The van der Waals surface area contributed by atoms with Crippen LogP contribution in [-0.4, -0.2) is 60.4 Å². The van der Waals surface area contributed by atoms with E-state index in [1.807, 2.05) is 57.7 Å². The van der Waals surface area contributed by atoms with Gasteiger partial charge in [-0.2, -0.15) is 15.0 Å². The highest BCUT2D eigenvalue weighted by atomic mass is 16.5. The number of benzene rings is 2. The zero-order valence-electron chi connectivity index (χ0n) is 16.1. The van der Waals surface area contributed by atoms with Crippen LogP contribution in [0.3, 0.4) is 0 Å². The Bertz CT molecular complexity index is 1260. The fourth-order valence-electron chi connectivity index (χ4n) is 3.70. The minimum atomic E-state index is 0.521. The van der Waals surface area contributed by atoms with Crippen LogP contribution in [0.2, 0.25) is 0 Å². The summed E-state index contributed by atoms with van der Waals surface area (Å²) in [5.74, 6) is 1.66. The Morgan fingerprint density at radius 2 is 1.13 bits per heavy atom. The van der Waals surface area contributed by atoms with E-state index in [4.69, 9.17) is 19.7 Å². The van der Waals surface area contributed by atoms with E-state index in [1.165, 1.54) is 0 Å². The highest BCUT2D eigenvalue weighted by molar-refractivity contribution is 5.77. The molecule has 0 radical (unpaired) electrons. The molecule has 0 bridgehead atoms. The van der Waals surface area contributed by atoms with Crippen molar-refractivity contribution in [1.82, 2.24) is 34.1 Å². The molecule has 0 N–H and O–H groups in total. The van der Waals surface area contributed by atoms with Crippen LogP contribution in [0, 0.1) is 0 Å². The second kappa shape index (κ2) is 6.89. The molecule has 0 amide bonds. The molecule has 9 nitrogen and oxygen atoms in total. The molecule has 0 unspecified atom stereocenters. The molecule has 6 rings (SSSR count). The minimum absolute atomic E-state index is 0.521. The summed E-state index contributed by atoms with van der Waals surface area (Å²) in [6.07, 6.45) is 3.50. The van der Waals surface area contributed by atoms with Crippen molar-refractivity contribution in [1.29, 1.82) is 0 Å². The third-order valence-corrected chi connectivity index (χ3v) is 5.23. The van der Waals surface area contributed by atoms with Gasteiger partial charge in [0.2, 0.25) is 17.8 Å². The Morgan fingerprint density at radius 3 is 1.70 bits per heavy atom. The molecular formula is C21H18N8O. The maximum atomic E-state index is 5.50. The molecule has 0 aliphatic carbocycles. The highest BCUT2D eigenvalue weighted by Gasteiger charge is 2.19. The van der Waals surface area contributed by atoms with Crippen LogP contribution in [0.1, 0.15) is 0 Å². The number of ether oxygens (including phenoxy) is 1. The fourth-order valence-corrected chi connectivity index (χ4v) is 3.70. The second-order valence-corrected chi connectivity index (χ2v) is 7.04. The lowest BCUT2D eigenvalue weighted by atomic mass is 10.3. The Labute approximate surface area is 171 Å². The van der Waals surface area contributed by atoms with Gasteiger partial charge in [-0.3, -0.25) is 9.13 Å². The lowest BCUT2D eigenvalue weighted by Gasteiger charge is -2.27. The Kier molecular flexibility index (Phi) is 3.91. The molecule has 2 aromatic carbocycles. The molecular weight excluding hydrogens is 380 g/mol. The summed E-state index contributed by atoms with van der Waals surface area (Å²) < 4.78 is 9.28. The maximum Gasteiger partial charge on any atom is 0.242 e. The van der Waals surface area contributed by atoms with E-state index in [0.717, 1.165) is 35.2 Å². The summed E-state index contributed by atoms with van der Waals surface area (Å²) in [5, 5.41) is 0. The van der Waals surface area contributed by atoms with E-state index in [9.17, 15) is 0 Å². The largest absolute Gasteiger partial charge is 0.378 e. The van der Waals surface area contributed by atoms with Gasteiger partial charge in [0.1, 0.15) is 12.7 Å². The van der Waals surface area contributed by atoms with Gasteiger partial charge < -0.3 is 9.64 Å². The van der Waals surface area contributed by atoms with Gasteiger partial charge in [-0.15, -0.1) is 0 Å². The minimum Gasteiger partial charge on any atom is -0.378 e. The SMILES string of the molecule is c1ccc2c(c1)ncn2-c1nc(N2CCOCC2)nc(-n2cnc3ccccc32)n1. The van der Waals surface area contributed by atoms with Gasteiger partial charge >= 0.3 is 0 Å². The van der Waals surface area contributed by atoms with Crippen molar-refractivity contribution in [2.24, 2.45) is 0 Å². The van der Waals surface area contributed by atoms with E-state index in [1.54, 1.807) is 12.7 Å². The van der Waals surface area contributed by atoms with Crippen molar-refractivity contribution < 1.29 is 4.74 Å². The highest BCUT2D eigenvalue weighted by Crippen LogP contribution is 2.21. The summed E-state index contributed by atoms with van der Waals surface area (Å²) in [4.78, 5) is 25.4. The number of hydrogen-bond acceptors (Lipinski definition) is 7. The van der Waals surface area contributed by atoms with Gasteiger partial charge in [0.15, 0.2) is 0 Å². The lowest BCUT2D eigenvalue weighted by Crippen LogP contribution is -2.37. The zero-order chi connectivity index (χ0) is 19.9. The summed E-state index contributed by atoms with van der Waals surface area (Å²) in [6.45, 7) is 2.77. The second-order valence-electron chi connectivity index (χ2n) is 7.04. The first kappa shape index (κ1) is 17.0. The van der Waals surface area contributed by atoms with Crippen molar-refractivity contribution in [3.63, 3.8) is 0 Å². The fraction of sp³-hybridized carbons (Fsp3) is 0.190. The number of hydrogen-bond donors (Lipinski definition) is 0. The van der Waals surface area contributed by atoms with E-state index < -0.39 is 0 Å². The van der Waals surface area contributed by atoms with Crippen molar-refractivity contribution in [3.8, 4) is 11.9 Å². The smallest absolute Gasteiger partial charge is 0.242 e. The molecule has 4 heterocycles. The van der Waals surface area contributed by atoms with E-state index >= 15 is 0 Å². The molecule has 0 saturated carbocycles. The van der Waals surface area contributed by atoms with Crippen LogP contribution in [0.5, 0.6) is 0 Å². The van der Waals surface area contributed by atoms with Crippen LogP contribution in [-0.2, 0) is 4.74 Å². The van der Waals surface area contributed by atoms with Gasteiger partial charge in [-0.1, -0.05) is 24.3 Å². The number of para-hydroxylation sites is 4. The van der Waals surface area contributed by atoms with Crippen LogP contribution < -0.4 is 4.90 Å². The molecule has 0 atom stereocenters. The van der Waals surface area contributed by atoms with Gasteiger partial charge in [0.05, 0.1) is 35.3 Å². The van der Waals surface area contributed by atoms with E-state index in [0.29, 0.717) is 31.1 Å². The summed E-state index contributed by atoms with van der Waals surface area (Å²) in [6, 6.07) is 15.9. The van der Waals surface area contributed by atoms with E-state index in [2.05, 4.69) is 14.9 Å². The Balaban J connectivity index is 1.56. The predicted molar refractivity (Wildman–Crippen MR) is 112 cm³/mol. The summed E-state index contributed by atoms with van der Waals surface area (Å²) in [7, 11) is 0. The molecule has 1 aliphatic rings. The molecule has 1 fully saturated rings. The molecule has 148 valence electrons. The molecule has 1 aliphatic heterocycles. The third kappa shape index (κ3) is 2.79. The topological polar surface area (TPSA) is 86.8 Å². The zero-order valence-corrected chi connectivity index (χ0v) is 16.1. The number of fused-ring (bicyclic) bond motifs is 2. The molecule has 5 aromatic rings. The molecule has 9 heteroatoms. The van der Waals surface area contributed by atoms with Crippen molar-refractivity contribution in [2.75, 3.05) is 31.2 Å². The first-order valence-electron chi connectivity index (χ1n) is 9.80. The first-order valence-corrected chi connectivity index (χ1v) is 9.80. The van der Waals surface area contributed by atoms with Crippen LogP contribution in [0.15, 0.2) is 61.2 Å². The number of imidazole rings is 2. The molecule has 0 spiro atoms. The lowest BCUT2D eigenvalue weighted by molar-refractivity contribution is 0.122. The molecule has 3 aromatic heterocycles. The standard InChI is InChI=1S/C21H18N8O/c1-3-7-17-15(5-1)22-13-28(17)20-24-19(27-9-11-30-12-10-27)25-21(26-20)29-14-23-16-6-2-4-8-18(16)29/h1-8,13-14H,9-12H2. The first-order chi connectivity index (χ1) is 14.9. The average Bonchev–Trinajstić information content (AvgIpc) is 3.44. The number of morpholine rings is 1. The number of rotatable bonds is 3. The molecule has 1 saturated heterocycles. The van der Waals surface area contributed by atoms with Crippen LogP contribution in [0.4, 0.5) is 5.95 Å². The van der Waals surface area contributed by atoms with Gasteiger partial charge in [0.25, 0.3) is 0 Å². The quantitative estimate of drug-likeness (QED) is 0.461.